The smallest absolute Gasteiger partial charge is 0.116 e. The molecule has 0 heterocycles. The fourth-order valence-corrected chi connectivity index (χ4v) is 0.495. The topological polar surface area (TPSA) is 78.5 Å². The summed E-state index contributed by atoms with van der Waals surface area (Å²) in [5.74, 6) is 5.12. The van der Waals surface area contributed by atoms with Crippen LogP contribution in [0.3, 0.4) is 0 Å². The van der Waals surface area contributed by atoms with Crippen LogP contribution in [0.15, 0.2) is 23.7 Å². The minimum absolute atomic E-state index is 0.0160. The van der Waals surface area contributed by atoms with Crippen molar-refractivity contribution in [1.29, 1.82) is 0 Å². The number of nitrogens with two attached hydrogens (primary N) is 1. The molecule has 5 N–H and O–H groups in total. The molecular formula is C7H14N2O2. The zero-order chi connectivity index (χ0) is 8.69. The third-order valence-electron chi connectivity index (χ3n) is 1.11. The minimum atomic E-state index is 0.0160. The summed E-state index contributed by atoms with van der Waals surface area (Å²) in [4.78, 5) is 0. The molecule has 0 unspecified atom stereocenters. The van der Waals surface area contributed by atoms with Crippen LogP contribution in [0, 0.1) is 0 Å². The lowest BCUT2D eigenvalue weighted by atomic mass is 10.3. The second kappa shape index (κ2) is 5.76. The van der Waals surface area contributed by atoms with Gasteiger partial charge in [-0.25, -0.2) is 0 Å². The van der Waals surface area contributed by atoms with E-state index < -0.39 is 0 Å². The van der Waals surface area contributed by atoms with Crippen LogP contribution in [0.2, 0.25) is 0 Å². The molecule has 0 rings (SSSR count). The molecule has 0 aliphatic carbocycles. The van der Waals surface area contributed by atoms with Crippen LogP contribution >= 0.6 is 0 Å². The van der Waals surface area contributed by atoms with E-state index in [0.29, 0.717) is 13.0 Å². The van der Waals surface area contributed by atoms with Crippen molar-refractivity contribution in [3.05, 3.63) is 23.7 Å². The Morgan fingerprint density at radius 3 is 2.64 bits per heavy atom. The van der Waals surface area contributed by atoms with E-state index in [1.165, 1.54) is 12.2 Å². The highest BCUT2D eigenvalue weighted by Gasteiger charge is 1.89. The predicted octanol–water partition coefficient (Wildman–Crippen LogP) is 0.744. The number of hydrogen-bond acceptors (Lipinski definition) is 4. The van der Waals surface area contributed by atoms with E-state index in [9.17, 15) is 0 Å². The zero-order valence-electron chi connectivity index (χ0n) is 6.54. The van der Waals surface area contributed by atoms with Crippen molar-refractivity contribution in [3.8, 4) is 0 Å². The summed E-state index contributed by atoms with van der Waals surface area (Å²) in [6.07, 6.45) is 3.26. The summed E-state index contributed by atoms with van der Waals surface area (Å²) in [5, 5.41) is 17.9. The van der Waals surface area contributed by atoms with E-state index in [1.807, 2.05) is 0 Å². The number of aliphatic hydroxyl groups excluding tert-OH is 2. The van der Waals surface area contributed by atoms with Crippen LogP contribution in [0.25, 0.3) is 0 Å². The summed E-state index contributed by atoms with van der Waals surface area (Å²) < 4.78 is 0. The molecule has 0 radical (unpaired) electrons. The number of hydrogen-bond donors (Lipinski definition) is 4. The number of nitrogens with one attached hydrogen (secondary N) is 1. The second-order valence-electron chi connectivity index (χ2n) is 2.03. The van der Waals surface area contributed by atoms with Gasteiger partial charge < -0.3 is 10.2 Å². The first kappa shape index (κ1) is 10.0. The van der Waals surface area contributed by atoms with Gasteiger partial charge in [0.1, 0.15) is 5.76 Å². The first-order valence-electron chi connectivity index (χ1n) is 3.42. The first-order valence-corrected chi connectivity index (χ1v) is 3.42. The van der Waals surface area contributed by atoms with Gasteiger partial charge in [-0.05, 0) is 6.08 Å². The van der Waals surface area contributed by atoms with Crippen molar-refractivity contribution in [2.75, 3.05) is 6.54 Å². The Balaban J connectivity index is 3.93. The largest absolute Gasteiger partial charge is 0.512 e. The Bertz CT molecular complexity index is 164. The number of allylic oxidation sites excluding steroid dienone is 2. The van der Waals surface area contributed by atoms with Crippen molar-refractivity contribution >= 4 is 0 Å². The summed E-state index contributed by atoms with van der Waals surface area (Å²) in [7, 11) is 0. The average molecular weight is 158 g/mol. The molecule has 0 spiro atoms. The van der Waals surface area contributed by atoms with Gasteiger partial charge in [0.25, 0.3) is 0 Å². The van der Waals surface area contributed by atoms with Gasteiger partial charge in [-0.3, -0.25) is 11.3 Å². The highest BCUT2D eigenvalue weighted by atomic mass is 16.3. The standard InChI is InChI=1S/C7H14N2O2/c1-2-6(10)5-7(11)3-4-9-8/h3,5,9-11H,2,4,8H2,1H3/b6-5+,7-3+. The Morgan fingerprint density at radius 2 is 2.18 bits per heavy atom. The molecule has 4 nitrogen and oxygen atoms in total. The van der Waals surface area contributed by atoms with Gasteiger partial charge >= 0.3 is 0 Å². The third kappa shape index (κ3) is 5.44. The number of aliphatic hydroxyl groups is 2. The second-order valence-corrected chi connectivity index (χ2v) is 2.03. The molecule has 0 aromatic carbocycles. The fraction of sp³-hybridized carbons (Fsp3) is 0.429. The van der Waals surface area contributed by atoms with Crippen molar-refractivity contribution in [2.45, 2.75) is 13.3 Å². The SMILES string of the molecule is CC/C(O)=C\C(O)=C/CNN. The first-order chi connectivity index (χ1) is 5.20. The molecule has 0 bridgehead atoms. The Labute approximate surface area is 66.0 Å². The average Bonchev–Trinajstić information content (AvgIpc) is 2.00. The predicted molar refractivity (Wildman–Crippen MR) is 43.9 cm³/mol. The molecule has 0 atom stereocenters. The maximum atomic E-state index is 9.01. The molecule has 0 aromatic rings. The Morgan fingerprint density at radius 1 is 1.55 bits per heavy atom. The number of hydrazine groups is 1. The summed E-state index contributed by atoms with van der Waals surface area (Å²) in [5.41, 5.74) is 2.34. The highest BCUT2D eigenvalue weighted by molar-refractivity contribution is 5.13. The molecule has 0 aliphatic heterocycles. The normalized spacial score (nSPS) is 13.6. The van der Waals surface area contributed by atoms with Crippen LogP contribution in [0.4, 0.5) is 0 Å². The highest BCUT2D eigenvalue weighted by Crippen LogP contribution is 1.99. The maximum absolute atomic E-state index is 9.01. The van der Waals surface area contributed by atoms with Crippen molar-refractivity contribution in [2.24, 2.45) is 5.84 Å². The van der Waals surface area contributed by atoms with E-state index in [1.54, 1.807) is 6.92 Å². The molecule has 4 heteroatoms. The minimum Gasteiger partial charge on any atom is -0.512 e. The van der Waals surface area contributed by atoms with E-state index in [0.717, 1.165) is 0 Å². The van der Waals surface area contributed by atoms with Crippen molar-refractivity contribution < 1.29 is 10.2 Å². The molecule has 0 fully saturated rings. The number of rotatable bonds is 4. The molecule has 0 amide bonds. The van der Waals surface area contributed by atoms with Gasteiger partial charge in [0.15, 0.2) is 0 Å². The third-order valence-corrected chi connectivity index (χ3v) is 1.11. The fourth-order valence-electron chi connectivity index (χ4n) is 0.495. The maximum Gasteiger partial charge on any atom is 0.116 e. The van der Waals surface area contributed by atoms with Gasteiger partial charge in [0.2, 0.25) is 0 Å². The van der Waals surface area contributed by atoms with Crippen LogP contribution in [-0.4, -0.2) is 16.8 Å². The molecule has 0 aromatic heterocycles. The molecule has 64 valence electrons. The lowest BCUT2D eigenvalue weighted by Crippen LogP contribution is -2.21. The van der Waals surface area contributed by atoms with Crippen molar-refractivity contribution in [1.82, 2.24) is 5.43 Å². The summed E-state index contributed by atoms with van der Waals surface area (Å²) in [6, 6.07) is 0. The van der Waals surface area contributed by atoms with Gasteiger partial charge in [-0.15, -0.1) is 0 Å². The van der Waals surface area contributed by atoms with E-state index in [2.05, 4.69) is 5.43 Å². The van der Waals surface area contributed by atoms with E-state index in [-0.39, 0.29) is 11.5 Å². The monoisotopic (exact) mass is 158 g/mol. The van der Waals surface area contributed by atoms with E-state index in [4.69, 9.17) is 16.1 Å². The van der Waals surface area contributed by atoms with E-state index >= 15 is 0 Å². The van der Waals surface area contributed by atoms with Crippen molar-refractivity contribution in [3.63, 3.8) is 0 Å². The quantitative estimate of drug-likeness (QED) is 0.211. The summed E-state index contributed by atoms with van der Waals surface area (Å²) >= 11 is 0. The summed E-state index contributed by atoms with van der Waals surface area (Å²) in [6.45, 7) is 2.17. The molecule has 0 aliphatic rings. The van der Waals surface area contributed by atoms with Crippen LogP contribution in [-0.2, 0) is 0 Å². The lowest BCUT2D eigenvalue weighted by molar-refractivity contribution is 0.378. The van der Waals surface area contributed by atoms with Crippen LogP contribution in [0.5, 0.6) is 0 Å². The Hall–Kier alpha value is -1.00. The molecule has 0 saturated carbocycles. The lowest BCUT2D eigenvalue weighted by Gasteiger charge is -1.94. The Kier molecular flexibility index (Phi) is 5.24. The van der Waals surface area contributed by atoms with Gasteiger partial charge in [-0.2, -0.15) is 0 Å². The van der Waals surface area contributed by atoms with Crippen LogP contribution < -0.4 is 11.3 Å². The molecular weight excluding hydrogens is 144 g/mol. The zero-order valence-corrected chi connectivity index (χ0v) is 6.54. The van der Waals surface area contributed by atoms with Crippen LogP contribution in [0.1, 0.15) is 13.3 Å². The molecule has 0 saturated heterocycles. The molecule has 11 heavy (non-hydrogen) atoms. The van der Waals surface area contributed by atoms with Gasteiger partial charge in [0.05, 0.1) is 5.76 Å². The van der Waals surface area contributed by atoms with Gasteiger partial charge in [0, 0.05) is 19.0 Å². The van der Waals surface area contributed by atoms with Gasteiger partial charge in [-0.1, -0.05) is 6.92 Å².